The van der Waals surface area contributed by atoms with Crippen molar-refractivity contribution < 1.29 is 0 Å². The van der Waals surface area contributed by atoms with Crippen LogP contribution in [0.3, 0.4) is 0 Å². The van der Waals surface area contributed by atoms with Gasteiger partial charge in [0.15, 0.2) is 0 Å². The van der Waals surface area contributed by atoms with Crippen LogP contribution in [0.4, 0.5) is 0 Å². The zero-order valence-electron chi connectivity index (χ0n) is 8.20. The van der Waals surface area contributed by atoms with Gasteiger partial charge in [-0.2, -0.15) is 12.6 Å². The van der Waals surface area contributed by atoms with Crippen molar-refractivity contribution in [3.8, 4) is 0 Å². The van der Waals surface area contributed by atoms with Crippen molar-refractivity contribution in [2.45, 2.75) is 18.6 Å². The minimum absolute atomic E-state index is 0.292. The molecular weight excluding hydrogens is 190 g/mol. The molecule has 1 aromatic rings. The van der Waals surface area contributed by atoms with Crippen LogP contribution in [0.25, 0.3) is 5.57 Å². The van der Waals surface area contributed by atoms with Gasteiger partial charge in [0.2, 0.25) is 0 Å². The molecule has 2 rings (SSSR count). The molecule has 0 radical (unpaired) electrons. The summed E-state index contributed by atoms with van der Waals surface area (Å²) in [5.74, 6) is 0. The highest BCUT2D eigenvalue weighted by molar-refractivity contribution is 7.81. The van der Waals surface area contributed by atoms with Crippen LogP contribution in [0.15, 0.2) is 30.9 Å². The number of allylic oxidation sites excluding steroid dienone is 2. The van der Waals surface area contributed by atoms with Crippen molar-refractivity contribution in [3.63, 3.8) is 0 Å². The topological polar surface area (TPSA) is 12.9 Å². The largest absolute Gasteiger partial charge is 0.253 e. The molecule has 1 aliphatic rings. The molecule has 1 atom stereocenters. The summed E-state index contributed by atoms with van der Waals surface area (Å²) in [5.41, 5.74) is 4.50. The monoisotopic (exact) mass is 203 g/mol. The second-order valence-corrected chi connectivity index (χ2v) is 4.22. The Kier molecular flexibility index (Phi) is 2.46. The maximum absolute atomic E-state index is 4.53. The van der Waals surface area contributed by atoms with Gasteiger partial charge < -0.3 is 0 Å². The molecule has 72 valence electrons. The van der Waals surface area contributed by atoms with Crippen LogP contribution in [0.5, 0.6) is 0 Å². The normalized spacial score (nSPS) is 19.9. The van der Waals surface area contributed by atoms with E-state index in [0.29, 0.717) is 5.25 Å². The second-order valence-electron chi connectivity index (χ2n) is 3.56. The first-order chi connectivity index (χ1) is 6.70. The molecule has 0 N–H and O–H groups in total. The highest BCUT2D eigenvalue weighted by Crippen LogP contribution is 2.27. The van der Waals surface area contributed by atoms with Crippen LogP contribution >= 0.6 is 12.6 Å². The Morgan fingerprint density at radius 3 is 3.07 bits per heavy atom. The fourth-order valence-electron chi connectivity index (χ4n) is 1.74. The highest BCUT2D eigenvalue weighted by atomic mass is 32.1. The molecule has 1 nitrogen and oxygen atoms in total. The van der Waals surface area contributed by atoms with Gasteiger partial charge in [0.05, 0.1) is 5.69 Å². The van der Waals surface area contributed by atoms with E-state index in [9.17, 15) is 0 Å². The average Bonchev–Trinajstić information content (AvgIpc) is 2.17. The molecule has 0 spiro atoms. The number of rotatable bonds is 1. The summed E-state index contributed by atoms with van der Waals surface area (Å²) in [7, 11) is 0. The molecule has 1 heterocycles. The van der Waals surface area contributed by atoms with Crippen molar-refractivity contribution in [2.75, 3.05) is 0 Å². The number of aromatic nitrogens is 1. The fraction of sp³-hybridized carbons (Fsp3) is 0.250. The number of fused-ring (bicyclic) bond motifs is 1. The van der Waals surface area contributed by atoms with Gasteiger partial charge in [-0.1, -0.05) is 24.8 Å². The second kappa shape index (κ2) is 3.62. The quantitative estimate of drug-likeness (QED) is 0.692. The van der Waals surface area contributed by atoms with Gasteiger partial charge in [0.1, 0.15) is 0 Å². The minimum atomic E-state index is 0.292. The van der Waals surface area contributed by atoms with Crippen LogP contribution in [0.2, 0.25) is 0 Å². The van der Waals surface area contributed by atoms with Crippen molar-refractivity contribution in [1.29, 1.82) is 0 Å². The molecule has 1 aromatic heterocycles. The molecular formula is C12H13NS. The molecule has 1 aliphatic carbocycles. The van der Waals surface area contributed by atoms with E-state index in [1.54, 1.807) is 0 Å². The smallest absolute Gasteiger partial charge is 0.0734 e. The Balaban J connectivity index is 2.57. The standard InChI is InChI=1S/C12H13NS/c1-3-9-6-11(14)7-10-5-4-8(2)13-12(9)10/h3-6,11,14H,1,7H2,2H3. The lowest BCUT2D eigenvalue weighted by atomic mass is 9.95. The summed E-state index contributed by atoms with van der Waals surface area (Å²) in [6.07, 6.45) is 4.93. The van der Waals surface area contributed by atoms with Gasteiger partial charge in [-0.15, -0.1) is 0 Å². The number of pyridine rings is 1. The maximum Gasteiger partial charge on any atom is 0.0734 e. The Labute approximate surface area is 90.0 Å². The predicted molar refractivity (Wildman–Crippen MR) is 63.6 cm³/mol. The van der Waals surface area contributed by atoms with Crippen molar-refractivity contribution >= 4 is 18.2 Å². The van der Waals surface area contributed by atoms with Crippen LogP contribution in [0, 0.1) is 6.92 Å². The number of hydrogen-bond acceptors (Lipinski definition) is 2. The lowest BCUT2D eigenvalue weighted by Gasteiger charge is -2.18. The van der Waals surface area contributed by atoms with Gasteiger partial charge in [-0.25, -0.2) is 0 Å². The maximum atomic E-state index is 4.53. The number of hydrogen-bond donors (Lipinski definition) is 1. The van der Waals surface area contributed by atoms with E-state index >= 15 is 0 Å². The molecule has 0 aliphatic heterocycles. The van der Waals surface area contributed by atoms with E-state index in [0.717, 1.165) is 23.4 Å². The lowest BCUT2D eigenvalue weighted by molar-refractivity contribution is 0.967. The third-order valence-corrected chi connectivity index (χ3v) is 2.74. The van der Waals surface area contributed by atoms with Crippen LogP contribution in [-0.4, -0.2) is 10.2 Å². The third-order valence-electron chi connectivity index (χ3n) is 2.41. The van der Waals surface area contributed by atoms with Gasteiger partial charge >= 0.3 is 0 Å². The van der Waals surface area contributed by atoms with Gasteiger partial charge in [0, 0.05) is 10.9 Å². The highest BCUT2D eigenvalue weighted by Gasteiger charge is 2.16. The first-order valence-electron chi connectivity index (χ1n) is 4.70. The third kappa shape index (κ3) is 1.62. The lowest BCUT2D eigenvalue weighted by Crippen LogP contribution is -2.11. The van der Waals surface area contributed by atoms with Crippen molar-refractivity contribution in [2.24, 2.45) is 0 Å². The summed E-state index contributed by atoms with van der Waals surface area (Å²) < 4.78 is 0. The molecule has 14 heavy (non-hydrogen) atoms. The van der Waals surface area contributed by atoms with Gasteiger partial charge in [-0.05, 0) is 30.5 Å². The summed E-state index contributed by atoms with van der Waals surface area (Å²) in [5, 5.41) is 0.292. The molecule has 0 fully saturated rings. The fourth-order valence-corrected chi connectivity index (χ4v) is 2.09. The van der Waals surface area contributed by atoms with E-state index in [4.69, 9.17) is 0 Å². The summed E-state index contributed by atoms with van der Waals surface area (Å²) in [4.78, 5) is 4.53. The Bertz CT molecular complexity index is 407. The van der Waals surface area contributed by atoms with Crippen molar-refractivity contribution in [1.82, 2.24) is 4.98 Å². The number of thiol groups is 1. The first kappa shape index (κ1) is 9.53. The molecule has 0 aromatic carbocycles. The molecule has 1 unspecified atom stereocenters. The van der Waals surface area contributed by atoms with Crippen molar-refractivity contribution in [3.05, 3.63) is 47.8 Å². The Morgan fingerprint density at radius 1 is 1.57 bits per heavy atom. The van der Waals surface area contributed by atoms with Crippen LogP contribution < -0.4 is 0 Å². The zero-order chi connectivity index (χ0) is 10.1. The SMILES string of the molecule is C=CC1=CC(S)Cc2ccc(C)nc21. The van der Waals surface area contributed by atoms with E-state index in [-0.39, 0.29) is 0 Å². The zero-order valence-corrected chi connectivity index (χ0v) is 9.09. The summed E-state index contributed by atoms with van der Waals surface area (Å²) in [6, 6.07) is 4.18. The molecule has 0 saturated heterocycles. The van der Waals surface area contributed by atoms with Crippen LogP contribution in [0.1, 0.15) is 17.0 Å². The molecule has 0 saturated carbocycles. The molecule has 0 bridgehead atoms. The average molecular weight is 203 g/mol. The van der Waals surface area contributed by atoms with Crippen LogP contribution in [-0.2, 0) is 6.42 Å². The Hall–Kier alpha value is -1.02. The molecule has 2 heteroatoms. The summed E-state index contributed by atoms with van der Waals surface area (Å²) >= 11 is 4.47. The van der Waals surface area contributed by atoms with Gasteiger partial charge in [-0.3, -0.25) is 4.98 Å². The number of nitrogens with zero attached hydrogens (tertiary/aromatic N) is 1. The molecule has 0 amide bonds. The van der Waals surface area contributed by atoms with E-state index in [1.807, 2.05) is 19.1 Å². The number of aryl methyl sites for hydroxylation is 1. The minimum Gasteiger partial charge on any atom is -0.253 e. The summed E-state index contributed by atoms with van der Waals surface area (Å²) in [6.45, 7) is 5.81. The Morgan fingerprint density at radius 2 is 2.36 bits per heavy atom. The van der Waals surface area contributed by atoms with Gasteiger partial charge in [0.25, 0.3) is 0 Å². The van der Waals surface area contributed by atoms with E-state index in [1.165, 1.54) is 5.56 Å². The first-order valence-corrected chi connectivity index (χ1v) is 5.21. The van der Waals surface area contributed by atoms with E-state index < -0.39 is 0 Å². The predicted octanol–water partition coefficient (Wildman–Crippen LogP) is 2.81. The van der Waals surface area contributed by atoms with E-state index in [2.05, 4.69) is 36.3 Å².